The fourth-order valence-corrected chi connectivity index (χ4v) is 1.90. The summed E-state index contributed by atoms with van der Waals surface area (Å²) in [5.41, 5.74) is 7.11. The zero-order chi connectivity index (χ0) is 14.4. The highest BCUT2D eigenvalue weighted by atomic mass is 15.1. The second-order valence-corrected chi connectivity index (χ2v) is 4.66. The Kier molecular flexibility index (Phi) is 4.60. The lowest BCUT2D eigenvalue weighted by atomic mass is 10.2. The Morgan fingerprint density at radius 1 is 1.50 bits per heavy atom. The molecule has 1 aliphatic heterocycles. The van der Waals surface area contributed by atoms with Gasteiger partial charge in [0.1, 0.15) is 18.2 Å². The molecule has 1 aromatic heterocycles. The van der Waals surface area contributed by atoms with E-state index in [1.807, 2.05) is 48.6 Å². The van der Waals surface area contributed by atoms with Gasteiger partial charge in [0.25, 0.3) is 0 Å². The molecule has 0 spiro atoms. The van der Waals surface area contributed by atoms with Crippen LogP contribution in [0.5, 0.6) is 0 Å². The molecule has 6 heteroatoms. The molecule has 0 saturated heterocycles. The normalized spacial score (nSPS) is 15.8. The van der Waals surface area contributed by atoms with E-state index < -0.39 is 0 Å². The van der Waals surface area contributed by atoms with Crippen molar-refractivity contribution in [2.24, 2.45) is 12.8 Å². The molecule has 6 nitrogen and oxygen atoms in total. The number of hydrogen-bond donors (Lipinski definition) is 4. The van der Waals surface area contributed by atoms with Crippen LogP contribution in [-0.2, 0) is 13.6 Å². The van der Waals surface area contributed by atoms with E-state index in [4.69, 9.17) is 11.1 Å². The van der Waals surface area contributed by atoms with Crippen LogP contribution in [0.4, 0.5) is 0 Å². The summed E-state index contributed by atoms with van der Waals surface area (Å²) in [6.07, 6.45) is 14.4. The van der Waals surface area contributed by atoms with Crippen molar-refractivity contribution in [3.05, 3.63) is 54.5 Å². The van der Waals surface area contributed by atoms with Crippen LogP contribution < -0.4 is 20.9 Å². The maximum Gasteiger partial charge on any atom is 0.243 e. The van der Waals surface area contributed by atoms with Crippen molar-refractivity contribution in [2.75, 3.05) is 6.54 Å². The number of amidine groups is 1. The third-order valence-corrected chi connectivity index (χ3v) is 2.99. The van der Waals surface area contributed by atoms with E-state index in [-0.39, 0.29) is 5.84 Å². The second-order valence-electron chi connectivity index (χ2n) is 4.66. The molecule has 1 aliphatic rings. The standard InChI is InChI=1S/C14H21N6/c1-19-9-10-20(11-19)8-4-7-18-14(16)13(15)12-5-2-3-6-17-12/h2-3,5-6,9-11,17H,4,7-8,15H2,1H3,(H2,16,18)/q+1/b13-12+. The maximum absolute atomic E-state index is 7.92. The van der Waals surface area contributed by atoms with E-state index in [1.165, 1.54) is 0 Å². The average Bonchev–Trinajstić information content (AvgIpc) is 2.89. The fourth-order valence-electron chi connectivity index (χ4n) is 1.90. The van der Waals surface area contributed by atoms with E-state index in [0.717, 1.165) is 18.7 Å². The number of rotatable bonds is 5. The molecule has 0 amide bonds. The van der Waals surface area contributed by atoms with Crippen molar-refractivity contribution >= 4 is 5.84 Å². The molecule has 2 rings (SSSR count). The first-order valence-corrected chi connectivity index (χ1v) is 6.60. The molecular weight excluding hydrogens is 252 g/mol. The Bertz CT molecular complexity index is 564. The molecule has 0 atom stereocenters. The fraction of sp³-hybridized carbons (Fsp3) is 0.286. The summed E-state index contributed by atoms with van der Waals surface area (Å²) in [6, 6.07) is 0. The van der Waals surface area contributed by atoms with Crippen LogP contribution in [-0.4, -0.2) is 16.9 Å². The first-order chi connectivity index (χ1) is 9.66. The molecule has 2 heterocycles. The van der Waals surface area contributed by atoms with Crippen LogP contribution in [0.15, 0.2) is 54.5 Å². The first kappa shape index (κ1) is 13.9. The molecule has 0 aliphatic carbocycles. The van der Waals surface area contributed by atoms with Gasteiger partial charge >= 0.3 is 0 Å². The van der Waals surface area contributed by atoms with E-state index in [9.17, 15) is 0 Å². The lowest BCUT2D eigenvalue weighted by molar-refractivity contribution is -0.671. The Balaban J connectivity index is 1.75. The van der Waals surface area contributed by atoms with Crippen molar-refractivity contribution in [1.82, 2.24) is 15.2 Å². The molecular formula is C14H21N6+. The summed E-state index contributed by atoms with van der Waals surface area (Å²) in [7, 11) is 2.00. The van der Waals surface area contributed by atoms with Gasteiger partial charge in [-0.05, 0) is 12.2 Å². The molecule has 0 bridgehead atoms. The SMILES string of the molecule is C[n+]1ccn(CCCNC(=N)/C(N)=C2/C=CC=CN2)c1. The minimum absolute atomic E-state index is 0.255. The van der Waals surface area contributed by atoms with Gasteiger partial charge in [-0.2, -0.15) is 0 Å². The van der Waals surface area contributed by atoms with E-state index >= 15 is 0 Å². The highest BCUT2D eigenvalue weighted by molar-refractivity contribution is 5.96. The van der Waals surface area contributed by atoms with Gasteiger partial charge in [0.2, 0.25) is 6.33 Å². The summed E-state index contributed by atoms with van der Waals surface area (Å²) in [5, 5.41) is 14.0. The molecule has 0 unspecified atom stereocenters. The third kappa shape index (κ3) is 3.74. The van der Waals surface area contributed by atoms with E-state index in [0.29, 0.717) is 12.2 Å². The molecule has 0 fully saturated rings. The monoisotopic (exact) mass is 273 g/mol. The van der Waals surface area contributed by atoms with Crippen molar-refractivity contribution < 1.29 is 4.57 Å². The van der Waals surface area contributed by atoms with E-state index in [2.05, 4.69) is 15.2 Å². The number of hydrogen-bond acceptors (Lipinski definition) is 3. The molecule has 0 saturated carbocycles. The average molecular weight is 273 g/mol. The minimum Gasteiger partial charge on any atom is -0.394 e. The Labute approximate surface area is 118 Å². The largest absolute Gasteiger partial charge is 0.394 e. The van der Waals surface area contributed by atoms with Crippen LogP contribution in [0, 0.1) is 5.41 Å². The Morgan fingerprint density at radius 3 is 3.00 bits per heavy atom. The lowest BCUT2D eigenvalue weighted by Gasteiger charge is -2.12. The number of aromatic nitrogens is 2. The molecule has 0 radical (unpaired) electrons. The van der Waals surface area contributed by atoms with Crippen molar-refractivity contribution in [2.45, 2.75) is 13.0 Å². The zero-order valence-corrected chi connectivity index (χ0v) is 11.6. The minimum atomic E-state index is 0.255. The summed E-state index contributed by atoms with van der Waals surface area (Å²) < 4.78 is 4.12. The summed E-state index contributed by atoms with van der Waals surface area (Å²) in [5.74, 6) is 0.255. The molecule has 1 aromatic rings. The molecule has 0 aromatic carbocycles. The molecule has 106 valence electrons. The van der Waals surface area contributed by atoms with Crippen molar-refractivity contribution in [3.63, 3.8) is 0 Å². The van der Waals surface area contributed by atoms with Crippen LogP contribution in [0.2, 0.25) is 0 Å². The van der Waals surface area contributed by atoms with Gasteiger partial charge in [-0.25, -0.2) is 9.13 Å². The summed E-state index contributed by atoms with van der Waals surface area (Å²) in [6.45, 7) is 1.63. The predicted octanol–water partition coefficient (Wildman–Crippen LogP) is 0.113. The van der Waals surface area contributed by atoms with Crippen LogP contribution in [0.25, 0.3) is 0 Å². The lowest BCUT2D eigenvalue weighted by Crippen LogP contribution is -2.32. The van der Waals surface area contributed by atoms with Crippen molar-refractivity contribution in [1.29, 1.82) is 5.41 Å². The van der Waals surface area contributed by atoms with Crippen LogP contribution in [0.1, 0.15) is 6.42 Å². The van der Waals surface area contributed by atoms with Gasteiger partial charge in [-0.15, -0.1) is 0 Å². The van der Waals surface area contributed by atoms with Crippen LogP contribution >= 0.6 is 0 Å². The summed E-state index contributed by atoms with van der Waals surface area (Å²) in [4.78, 5) is 0. The number of aryl methyl sites for hydroxylation is 2. The van der Waals surface area contributed by atoms with Gasteiger partial charge in [0, 0.05) is 19.2 Å². The topological polar surface area (TPSA) is 82.7 Å². The smallest absolute Gasteiger partial charge is 0.243 e. The third-order valence-electron chi connectivity index (χ3n) is 2.99. The van der Waals surface area contributed by atoms with E-state index in [1.54, 1.807) is 6.20 Å². The Hall–Kier alpha value is -2.50. The summed E-state index contributed by atoms with van der Waals surface area (Å²) >= 11 is 0. The quantitative estimate of drug-likeness (QED) is 0.266. The number of allylic oxidation sites excluding steroid dienone is 3. The van der Waals surface area contributed by atoms with Gasteiger partial charge in [-0.3, -0.25) is 5.41 Å². The number of nitrogens with two attached hydrogens (primary N) is 1. The predicted molar refractivity (Wildman–Crippen MR) is 78.6 cm³/mol. The number of dihydropyridines is 1. The molecule has 20 heavy (non-hydrogen) atoms. The number of imidazole rings is 1. The number of nitrogens with one attached hydrogen (secondary N) is 3. The highest BCUT2D eigenvalue weighted by Crippen LogP contribution is 2.02. The zero-order valence-electron chi connectivity index (χ0n) is 11.6. The Morgan fingerprint density at radius 2 is 2.35 bits per heavy atom. The van der Waals surface area contributed by atoms with Gasteiger partial charge in [0.15, 0.2) is 0 Å². The molecule has 5 N–H and O–H groups in total. The maximum atomic E-state index is 7.92. The van der Waals surface area contributed by atoms with Gasteiger partial charge in [-0.1, -0.05) is 6.08 Å². The van der Waals surface area contributed by atoms with Gasteiger partial charge < -0.3 is 16.4 Å². The van der Waals surface area contributed by atoms with Crippen LogP contribution in [0.3, 0.4) is 0 Å². The number of nitrogens with zero attached hydrogens (tertiary/aromatic N) is 2. The van der Waals surface area contributed by atoms with Crippen molar-refractivity contribution in [3.8, 4) is 0 Å². The highest BCUT2D eigenvalue weighted by Gasteiger charge is 2.07. The first-order valence-electron chi connectivity index (χ1n) is 6.60. The second kappa shape index (κ2) is 6.60. The van der Waals surface area contributed by atoms with Gasteiger partial charge in [0.05, 0.1) is 25.0 Å².